The van der Waals surface area contributed by atoms with Crippen LogP contribution in [0.2, 0.25) is 0 Å². The van der Waals surface area contributed by atoms with Crippen molar-refractivity contribution in [1.82, 2.24) is 4.90 Å². The van der Waals surface area contributed by atoms with E-state index in [9.17, 15) is 9.59 Å². The van der Waals surface area contributed by atoms with Gasteiger partial charge in [0.25, 0.3) is 0 Å². The van der Waals surface area contributed by atoms with E-state index in [2.05, 4.69) is 22.0 Å². The highest BCUT2D eigenvalue weighted by Crippen LogP contribution is 2.23. The molecule has 21 heavy (non-hydrogen) atoms. The monoisotopic (exact) mass is 375 g/mol. The summed E-state index contributed by atoms with van der Waals surface area (Å²) >= 11 is 5.11. The molecule has 5 nitrogen and oxygen atoms in total. The lowest BCUT2D eigenvalue weighted by Crippen LogP contribution is -2.53. The Hall–Kier alpha value is -0.920. The van der Waals surface area contributed by atoms with E-state index < -0.39 is 12.0 Å². The Morgan fingerprint density at radius 2 is 2.33 bits per heavy atom. The van der Waals surface area contributed by atoms with Crippen LogP contribution in [0, 0.1) is 0 Å². The molecule has 2 heterocycles. The maximum Gasteiger partial charge on any atom is 0.331 e. The fourth-order valence-corrected chi connectivity index (χ4v) is 3.80. The van der Waals surface area contributed by atoms with Crippen LogP contribution in [0.1, 0.15) is 17.7 Å². The second kappa shape index (κ2) is 7.91. The van der Waals surface area contributed by atoms with Gasteiger partial charge in [0.2, 0.25) is 5.91 Å². The zero-order chi connectivity index (χ0) is 15.2. The molecule has 1 amide bonds. The van der Waals surface area contributed by atoms with Crippen molar-refractivity contribution >= 4 is 39.1 Å². The van der Waals surface area contributed by atoms with Crippen LogP contribution in [-0.2, 0) is 25.5 Å². The Labute approximate surface area is 136 Å². The summed E-state index contributed by atoms with van der Waals surface area (Å²) in [6, 6.07) is 3.47. The molecule has 1 unspecified atom stereocenters. The van der Waals surface area contributed by atoms with Crippen LogP contribution in [0.25, 0.3) is 0 Å². The molecule has 1 aromatic rings. The van der Waals surface area contributed by atoms with Crippen molar-refractivity contribution in [1.29, 1.82) is 0 Å². The average Bonchev–Trinajstić information content (AvgIpc) is 2.91. The van der Waals surface area contributed by atoms with Gasteiger partial charge >= 0.3 is 5.97 Å². The lowest BCUT2D eigenvalue weighted by atomic mass is 10.1. The number of morpholine rings is 1. The molecule has 1 atom stereocenters. The summed E-state index contributed by atoms with van der Waals surface area (Å²) in [5.74, 6) is -0.422. The molecule has 1 aliphatic heterocycles. The molecular weight excluding hydrogens is 358 g/mol. The first-order valence-electron chi connectivity index (χ1n) is 6.81. The standard InChI is InChI=1S/C14H18BrNO4S/c1-19-14(18)11-9-20-8-7-16(11)13(17)4-2-3-10-5-6-12(15)21-10/h5-6,11H,2-4,7-9H2,1H3. The van der Waals surface area contributed by atoms with E-state index in [0.717, 1.165) is 16.6 Å². The summed E-state index contributed by atoms with van der Waals surface area (Å²) in [5.41, 5.74) is 0. The topological polar surface area (TPSA) is 55.8 Å². The number of methoxy groups -OCH3 is 1. The van der Waals surface area contributed by atoms with Crippen molar-refractivity contribution in [2.45, 2.75) is 25.3 Å². The van der Waals surface area contributed by atoms with Gasteiger partial charge < -0.3 is 14.4 Å². The van der Waals surface area contributed by atoms with Gasteiger partial charge in [-0.1, -0.05) is 0 Å². The molecule has 7 heteroatoms. The van der Waals surface area contributed by atoms with Crippen LogP contribution < -0.4 is 0 Å². The Balaban J connectivity index is 1.84. The number of halogens is 1. The highest BCUT2D eigenvalue weighted by Gasteiger charge is 2.33. The molecule has 1 fully saturated rings. The zero-order valence-electron chi connectivity index (χ0n) is 11.8. The first kappa shape index (κ1) is 16.5. The third kappa shape index (κ3) is 4.52. The number of nitrogens with zero attached hydrogens (tertiary/aromatic N) is 1. The van der Waals surface area contributed by atoms with Crippen molar-refractivity contribution in [2.75, 3.05) is 26.9 Å². The SMILES string of the molecule is COC(=O)C1COCCN1C(=O)CCCc1ccc(Br)s1. The van der Waals surface area contributed by atoms with E-state index in [0.29, 0.717) is 19.6 Å². The van der Waals surface area contributed by atoms with Gasteiger partial charge in [0.15, 0.2) is 6.04 Å². The Kier molecular flexibility index (Phi) is 6.20. The van der Waals surface area contributed by atoms with Crippen LogP contribution in [-0.4, -0.2) is 49.7 Å². The molecule has 0 radical (unpaired) electrons. The summed E-state index contributed by atoms with van der Waals surface area (Å²) in [6.07, 6.45) is 2.08. The fraction of sp³-hybridized carbons (Fsp3) is 0.571. The number of amides is 1. The van der Waals surface area contributed by atoms with E-state index in [4.69, 9.17) is 9.47 Å². The van der Waals surface area contributed by atoms with E-state index >= 15 is 0 Å². The molecule has 0 saturated carbocycles. The van der Waals surface area contributed by atoms with Gasteiger partial charge in [0.1, 0.15) is 0 Å². The zero-order valence-corrected chi connectivity index (χ0v) is 14.2. The van der Waals surface area contributed by atoms with E-state index in [1.165, 1.54) is 12.0 Å². The predicted molar refractivity (Wildman–Crippen MR) is 83.3 cm³/mol. The van der Waals surface area contributed by atoms with Crippen LogP contribution >= 0.6 is 27.3 Å². The lowest BCUT2D eigenvalue weighted by molar-refractivity contribution is -0.160. The number of hydrogen-bond donors (Lipinski definition) is 0. The molecule has 0 spiro atoms. The van der Waals surface area contributed by atoms with Crippen LogP contribution in [0.5, 0.6) is 0 Å². The number of esters is 1. The molecule has 0 N–H and O–H groups in total. The highest BCUT2D eigenvalue weighted by molar-refractivity contribution is 9.11. The second-order valence-corrected chi connectivity index (χ2v) is 7.31. The largest absolute Gasteiger partial charge is 0.467 e. The predicted octanol–water partition coefficient (Wildman–Crippen LogP) is 2.23. The maximum absolute atomic E-state index is 12.3. The average molecular weight is 376 g/mol. The van der Waals surface area contributed by atoms with Crippen molar-refractivity contribution in [2.24, 2.45) is 0 Å². The number of carbonyl (C=O) groups excluding carboxylic acids is 2. The molecule has 0 aliphatic carbocycles. The second-order valence-electron chi connectivity index (χ2n) is 4.76. The van der Waals surface area contributed by atoms with Gasteiger partial charge in [-0.05, 0) is 40.9 Å². The summed E-state index contributed by atoms with van der Waals surface area (Å²) in [6.45, 7) is 1.14. The minimum absolute atomic E-state index is 0.00989. The van der Waals surface area contributed by atoms with E-state index in [-0.39, 0.29) is 12.5 Å². The molecule has 116 valence electrons. The van der Waals surface area contributed by atoms with Crippen LogP contribution in [0.15, 0.2) is 15.9 Å². The number of aryl methyl sites for hydroxylation is 1. The molecule has 2 rings (SSSR count). The lowest BCUT2D eigenvalue weighted by Gasteiger charge is -2.33. The summed E-state index contributed by atoms with van der Waals surface area (Å²) in [4.78, 5) is 26.8. The molecule has 1 saturated heterocycles. The van der Waals surface area contributed by atoms with Crippen molar-refractivity contribution in [3.63, 3.8) is 0 Å². The third-order valence-corrected chi connectivity index (χ3v) is 5.05. The highest BCUT2D eigenvalue weighted by atomic mass is 79.9. The van der Waals surface area contributed by atoms with Crippen molar-refractivity contribution in [3.8, 4) is 0 Å². The molecule has 0 aromatic carbocycles. The number of rotatable bonds is 5. The first-order valence-corrected chi connectivity index (χ1v) is 8.42. The Morgan fingerprint density at radius 3 is 3.00 bits per heavy atom. The van der Waals surface area contributed by atoms with Crippen LogP contribution in [0.3, 0.4) is 0 Å². The van der Waals surface area contributed by atoms with Gasteiger partial charge in [-0.2, -0.15) is 0 Å². The smallest absolute Gasteiger partial charge is 0.331 e. The van der Waals surface area contributed by atoms with Gasteiger partial charge in [0, 0.05) is 17.8 Å². The van der Waals surface area contributed by atoms with Gasteiger partial charge in [-0.15, -0.1) is 11.3 Å². The number of carbonyl (C=O) groups is 2. The van der Waals surface area contributed by atoms with Gasteiger partial charge in [0.05, 0.1) is 24.1 Å². The van der Waals surface area contributed by atoms with E-state index in [1.54, 1.807) is 16.2 Å². The van der Waals surface area contributed by atoms with Crippen LogP contribution in [0.4, 0.5) is 0 Å². The molecular formula is C14H18BrNO4S. The summed E-state index contributed by atoms with van der Waals surface area (Å²) in [7, 11) is 1.33. The number of hydrogen-bond acceptors (Lipinski definition) is 5. The minimum atomic E-state index is -0.605. The van der Waals surface area contributed by atoms with Gasteiger partial charge in [-0.25, -0.2) is 4.79 Å². The molecule has 1 aliphatic rings. The third-order valence-electron chi connectivity index (χ3n) is 3.36. The number of ether oxygens (including phenoxy) is 2. The molecule has 1 aromatic heterocycles. The fourth-order valence-electron chi connectivity index (χ4n) is 2.28. The number of thiophene rings is 1. The van der Waals surface area contributed by atoms with E-state index in [1.807, 2.05) is 6.07 Å². The summed E-state index contributed by atoms with van der Waals surface area (Å²) < 4.78 is 11.1. The quantitative estimate of drug-likeness (QED) is 0.740. The normalized spacial score (nSPS) is 18.6. The van der Waals surface area contributed by atoms with Crippen molar-refractivity contribution < 1.29 is 19.1 Å². The minimum Gasteiger partial charge on any atom is -0.467 e. The summed E-state index contributed by atoms with van der Waals surface area (Å²) in [5, 5.41) is 0. The Morgan fingerprint density at radius 1 is 1.52 bits per heavy atom. The van der Waals surface area contributed by atoms with Crippen molar-refractivity contribution in [3.05, 3.63) is 20.8 Å². The maximum atomic E-state index is 12.3. The van der Waals surface area contributed by atoms with Gasteiger partial charge in [-0.3, -0.25) is 4.79 Å². The Bertz CT molecular complexity index is 505. The molecule has 0 bridgehead atoms. The first-order chi connectivity index (χ1) is 10.1.